The molecule has 0 amide bonds. The SMILES string of the molecule is COc1cc(OC)c2[nH]c3c(OC)c(OC)c(OC)cc3c2c1. The molecule has 0 saturated heterocycles. The minimum absolute atomic E-state index is 0.542. The van der Waals surface area contributed by atoms with E-state index in [4.69, 9.17) is 23.7 Å². The fraction of sp³-hybridized carbons (Fsp3) is 0.294. The van der Waals surface area contributed by atoms with E-state index in [1.807, 2.05) is 18.2 Å². The van der Waals surface area contributed by atoms with Gasteiger partial charge < -0.3 is 28.7 Å². The molecular formula is C17H19NO5. The van der Waals surface area contributed by atoms with Gasteiger partial charge in [0, 0.05) is 16.8 Å². The van der Waals surface area contributed by atoms with E-state index in [9.17, 15) is 0 Å². The first-order valence-electron chi connectivity index (χ1n) is 7.04. The molecule has 0 fully saturated rings. The van der Waals surface area contributed by atoms with Gasteiger partial charge in [0.05, 0.1) is 46.6 Å². The summed E-state index contributed by atoms with van der Waals surface area (Å²) in [5, 5.41) is 1.89. The molecule has 23 heavy (non-hydrogen) atoms. The number of ether oxygens (including phenoxy) is 5. The van der Waals surface area contributed by atoms with E-state index in [-0.39, 0.29) is 0 Å². The van der Waals surface area contributed by atoms with Crippen LogP contribution in [0.15, 0.2) is 18.2 Å². The quantitative estimate of drug-likeness (QED) is 0.782. The van der Waals surface area contributed by atoms with Crippen LogP contribution in [-0.4, -0.2) is 40.5 Å². The maximum atomic E-state index is 5.54. The highest BCUT2D eigenvalue weighted by atomic mass is 16.5. The Bertz CT molecular complexity index is 869. The summed E-state index contributed by atoms with van der Waals surface area (Å²) in [7, 11) is 8.02. The molecule has 0 bridgehead atoms. The Morgan fingerprint density at radius 2 is 1.26 bits per heavy atom. The second kappa shape index (κ2) is 5.79. The minimum Gasteiger partial charge on any atom is -0.497 e. The standard InChI is InChI=1S/C17H19NO5/c1-19-9-6-10-11-8-13(21-3)16(22-4)17(23-5)15(11)18-14(10)12(7-9)20-2/h6-8,18H,1-5H3. The molecule has 122 valence electrons. The Labute approximate surface area is 133 Å². The van der Waals surface area contributed by atoms with E-state index in [1.54, 1.807) is 35.5 Å². The number of rotatable bonds is 5. The summed E-state index contributed by atoms with van der Waals surface area (Å²) in [5.41, 5.74) is 1.67. The van der Waals surface area contributed by atoms with Crippen LogP contribution >= 0.6 is 0 Å². The molecule has 0 aliphatic carbocycles. The van der Waals surface area contributed by atoms with Gasteiger partial charge in [0.1, 0.15) is 11.5 Å². The summed E-state index contributed by atoms with van der Waals surface area (Å²) in [6.45, 7) is 0. The lowest BCUT2D eigenvalue weighted by Crippen LogP contribution is -1.95. The maximum Gasteiger partial charge on any atom is 0.205 e. The summed E-state index contributed by atoms with van der Waals surface area (Å²) < 4.78 is 27.2. The molecule has 3 rings (SSSR count). The first-order chi connectivity index (χ1) is 11.2. The third-order valence-electron chi connectivity index (χ3n) is 3.90. The highest BCUT2D eigenvalue weighted by molar-refractivity contribution is 6.13. The third kappa shape index (κ3) is 2.18. The van der Waals surface area contributed by atoms with Crippen LogP contribution in [0.5, 0.6) is 28.7 Å². The molecule has 1 aromatic heterocycles. The Morgan fingerprint density at radius 3 is 1.83 bits per heavy atom. The number of aromatic nitrogens is 1. The Balaban J connectivity index is 2.49. The maximum absolute atomic E-state index is 5.54. The molecule has 0 unspecified atom stereocenters. The number of aromatic amines is 1. The Hall–Kier alpha value is -2.76. The van der Waals surface area contributed by atoms with Crippen molar-refractivity contribution >= 4 is 21.8 Å². The van der Waals surface area contributed by atoms with Gasteiger partial charge in [-0.3, -0.25) is 0 Å². The van der Waals surface area contributed by atoms with Gasteiger partial charge in [-0.2, -0.15) is 0 Å². The first-order valence-corrected chi connectivity index (χ1v) is 7.04. The average Bonchev–Trinajstić information content (AvgIpc) is 2.96. The summed E-state index contributed by atoms with van der Waals surface area (Å²) in [6, 6.07) is 5.69. The molecule has 6 heteroatoms. The molecule has 2 aromatic carbocycles. The molecular weight excluding hydrogens is 298 g/mol. The van der Waals surface area contributed by atoms with Gasteiger partial charge in [0.15, 0.2) is 11.5 Å². The summed E-state index contributed by atoms with van der Waals surface area (Å²) in [4.78, 5) is 3.35. The van der Waals surface area contributed by atoms with Crippen molar-refractivity contribution in [3.63, 3.8) is 0 Å². The normalized spacial score (nSPS) is 10.8. The number of H-pyrrole nitrogens is 1. The highest BCUT2D eigenvalue weighted by Crippen LogP contribution is 2.47. The molecule has 1 N–H and O–H groups in total. The van der Waals surface area contributed by atoms with Crippen LogP contribution in [0.25, 0.3) is 21.8 Å². The van der Waals surface area contributed by atoms with Crippen LogP contribution in [-0.2, 0) is 0 Å². The molecule has 0 spiro atoms. The lowest BCUT2D eigenvalue weighted by Gasteiger charge is -2.12. The molecule has 1 heterocycles. The van der Waals surface area contributed by atoms with Gasteiger partial charge in [0.2, 0.25) is 5.75 Å². The molecule has 0 aliphatic heterocycles. The zero-order valence-electron chi connectivity index (χ0n) is 13.8. The van der Waals surface area contributed by atoms with Crippen LogP contribution < -0.4 is 23.7 Å². The number of nitrogens with one attached hydrogen (secondary N) is 1. The number of hydrogen-bond donors (Lipinski definition) is 1. The molecule has 0 radical (unpaired) electrons. The zero-order valence-corrected chi connectivity index (χ0v) is 13.8. The minimum atomic E-state index is 0.542. The summed E-state index contributed by atoms with van der Waals surface area (Å²) >= 11 is 0. The van der Waals surface area contributed by atoms with E-state index in [1.165, 1.54) is 0 Å². The van der Waals surface area contributed by atoms with Crippen molar-refractivity contribution in [1.82, 2.24) is 4.98 Å². The number of fused-ring (bicyclic) bond motifs is 3. The zero-order chi connectivity index (χ0) is 16.6. The number of methoxy groups -OCH3 is 5. The topological polar surface area (TPSA) is 61.9 Å². The van der Waals surface area contributed by atoms with Gasteiger partial charge in [0.25, 0.3) is 0 Å². The fourth-order valence-electron chi connectivity index (χ4n) is 2.83. The monoisotopic (exact) mass is 317 g/mol. The van der Waals surface area contributed by atoms with Crippen LogP contribution in [0.3, 0.4) is 0 Å². The molecule has 0 aliphatic rings. The molecule has 6 nitrogen and oxygen atoms in total. The van der Waals surface area contributed by atoms with E-state index >= 15 is 0 Å². The Morgan fingerprint density at radius 1 is 0.609 bits per heavy atom. The second-order valence-electron chi connectivity index (χ2n) is 4.95. The van der Waals surface area contributed by atoms with Crippen LogP contribution in [0.1, 0.15) is 0 Å². The average molecular weight is 317 g/mol. The lowest BCUT2D eigenvalue weighted by atomic mass is 10.1. The van der Waals surface area contributed by atoms with Gasteiger partial charge in [-0.05, 0) is 12.1 Å². The van der Waals surface area contributed by atoms with Crippen LogP contribution in [0.2, 0.25) is 0 Å². The number of benzene rings is 2. The van der Waals surface area contributed by atoms with Crippen molar-refractivity contribution in [3.8, 4) is 28.7 Å². The van der Waals surface area contributed by atoms with Gasteiger partial charge in [-0.15, -0.1) is 0 Å². The van der Waals surface area contributed by atoms with E-state index < -0.39 is 0 Å². The van der Waals surface area contributed by atoms with Crippen molar-refractivity contribution < 1.29 is 23.7 Å². The lowest BCUT2D eigenvalue weighted by molar-refractivity contribution is 0.327. The second-order valence-corrected chi connectivity index (χ2v) is 4.95. The van der Waals surface area contributed by atoms with E-state index in [0.29, 0.717) is 28.7 Å². The van der Waals surface area contributed by atoms with Crippen molar-refractivity contribution in [2.45, 2.75) is 0 Å². The fourth-order valence-corrected chi connectivity index (χ4v) is 2.83. The van der Waals surface area contributed by atoms with E-state index in [2.05, 4.69) is 4.98 Å². The van der Waals surface area contributed by atoms with Gasteiger partial charge >= 0.3 is 0 Å². The predicted molar refractivity (Wildman–Crippen MR) is 88.6 cm³/mol. The van der Waals surface area contributed by atoms with Crippen molar-refractivity contribution in [2.75, 3.05) is 35.5 Å². The molecule has 0 saturated carbocycles. The van der Waals surface area contributed by atoms with Gasteiger partial charge in [-0.25, -0.2) is 0 Å². The first kappa shape index (κ1) is 15.1. The Kier molecular flexibility index (Phi) is 3.82. The van der Waals surface area contributed by atoms with E-state index in [0.717, 1.165) is 21.8 Å². The number of hydrogen-bond acceptors (Lipinski definition) is 5. The van der Waals surface area contributed by atoms with Crippen molar-refractivity contribution in [1.29, 1.82) is 0 Å². The van der Waals surface area contributed by atoms with Gasteiger partial charge in [-0.1, -0.05) is 0 Å². The molecule has 3 aromatic rings. The smallest absolute Gasteiger partial charge is 0.205 e. The van der Waals surface area contributed by atoms with Crippen molar-refractivity contribution in [3.05, 3.63) is 18.2 Å². The third-order valence-corrected chi connectivity index (χ3v) is 3.90. The van der Waals surface area contributed by atoms with Crippen molar-refractivity contribution in [2.24, 2.45) is 0 Å². The molecule has 0 atom stereocenters. The van der Waals surface area contributed by atoms with Crippen LogP contribution in [0.4, 0.5) is 0 Å². The highest BCUT2D eigenvalue weighted by Gasteiger charge is 2.21. The summed E-state index contributed by atoms with van der Waals surface area (Å²) in [5.74, 6) is 3.12. The van der Waals surface area contributed by atoms with Crippen LogP contribution in [0, 0.1) is 0 Å². The predicted octanol–water partition coefficient (Wildman–Crippen LogP) is 3.36. The summed E-state index contributed by atoms with van der Waals surface area (Å²) in [6.07, 6.45) is 0. The largest absolute Gasteiger partial charge is 0.497 e.